The van der Waals surface area contributed by atoms with Gasteiger partial charge in [-0.3, -0.25) is 9.78 Å². The fourth-order valence-corrected chi connectivity index (χ4v) is 4.15. The molecule has 146 valence electrons. The van der Waals surface area contributed by atoms with Gasteiger partial charge in [0.05, 0.1) is 16.1 Å². The van der Waals surface area contributed by atoms with Crippen LogP contribution in [0.25, 0.3) is 33.4 Å². The first-order valence-corrected chi connectivity index (χ1v) is 11.0. The highest BCUT2D eigenvalue weighted by Crippen LogP contribution is 2.32. The van der Waals surface area contributed by atoms with E-state index in [1.54, 1.807) is 24.3 Å². The van der Waals surface area contributed by atoms with Gasteiger partial charge in [-0.15, -0.1) is 0 Å². The molecule has 29 heavy (non-hydrogen) atoms. The lowest BCUT2D eigenvalue weighted by Gasteiger charge is -2.07. The minimum Gasteiger partial charge on any atom is -0.344 e. The Morgan fingerprint density at radius 2 is 1.55 bits per heavy atom. The Morgan fingerprint density at radius 3 is 2.14 bits per heavy atom. The quantitative estimate of drug-likeness (QED) is 0.472. The molecule has 0 saturated heterocycles. The maximum Gasteiger partial charge on any atom is 0.175 e. The summed E-state index contributed by atoms with van der Waals surface area (Å²) in [5, 5.41) is 1.04. The van der Waals surface area contributed by atoms with Crippen molar-refractivity contribution >= 4 is 27.0 Å². The lowest BCUT2D eigenvalue weighted by molar-refractivity contribution is 0.112. The van der Waals surface area contributed by atoms with Crippen LogP contribution in [0.1, 0.15) is 16.1 Å². The summed E-state index contributed by atoms with van der Waals surface area (Å²) in [7, 11) is -1.24. The second kappa shape index (κ2) is 6.97. The monoisotopic (exact) mass is 404 g/mol. The Balaban J connectivity index is 1.83. The lowest BCUT2D eigenvalue weighted by atomic mass is 10.1. The summed E-state index contributed by atoms with van der Waals surface area (Å²) >= 11 is 0. The van der Waals surface area contributed by atoms with Crippen LogP contribution in [0.4, 0.5) is 0 Å². The van der Waals surface area contributed by atoms with Crippen molar-refractivity contribution in [3.05, 3.63) is 71.9 Å². The molecule has 2 aromatic carbocycles. The molecule has 2 aromatic heterocycles. The Labute approximate surface area is 169 Å². The highest BCUT2D eigenvalue weighted by Gasteiger charge is 2.14. The molecule has 4 aromatic rings. The molecule has 0 N–H and O–H groups in total. The average Bonchev–Trinajstić information content (AvgIpc) is 3.05. The van der Waals surface area contributed by atoms with Crippen molar-refractivity contribution in [2.45, 2.75) is 11.8 Å². The fourth-order valence-electron chi connectivity index (χ4n) is 3.52. The summed E-state index contributed by atoms with van der Waals surface area (Å²) in [6, 6.07) is 18.4. The number of aldehydes is 1. The van der Waals surface area contributed by atoms with Crippen LogP contribution in [0.3, 0.4) is 0 Å². The molecule has 2 heterocycles. The Bertz CT molecular complexity index is 1330. The number of nitrogens with zero attached hydrogens (tertiary/aromatic N) is 2. The number of pyridine rings is 1. The maximum absolute atomic E-state index is 11.7. The maximum atomic E-state index is 11.7. The van der Waals surface area contributed by atoms with Crippen LogP contribution in [-0.2, 0) is 16.9 Å². The van der Waals surface area contributed by atoms with E-state index in [1.165, 1.54) is 6.26 Å². The van der Waals surface area contributed by atoms with E-state index in [1.807, 2.05) is 44.3 Å². The summed E-state index contributed by atoms with van der Waals surface area (Å²) in [6.45, 7) is 1.97. The molecule has 0 unspecified atom stereocenters. The van der Waals surface area contributed by atoms with Crippen molar-refractivity contribution in [2.75, 3.05) is 6.26 Å². The van der Waals surface area contributed by atoms with Crippen LogP contribution in [-0.4, -0.2) is 30.5 Å². The number of carbonyl (C=O) groups is 1. The molecule has 0 aliphatic rings. The molecule has 0 saturated carbocycles. The molecule has 0 fully saturated rings. The first-order chi connectivity index (χ1) is 13.8. The highest BCUT2D eigenvalue weighted by molar-refractivity contribution is 7.90. The van der Waals surface area contributed by atoms with Gasteiger partial charge in [0.2, 0.25) is 0 Å². The van der Waals surface area contributed by atoms with Gasteiger partial charge in [-0.25, -0.2) is 8.42 Å². The number of hydrogen-bond donors (Lipinski definition) is 0. The molecule has 4 rings (SSSR count). The SMILES string of the molecule is Cc1nc(-c2ccc(C=O)cc2)cc2c1cc(-c1ccc(S(C)(=O)=O)cc1)n2C. The molecule has 0 spiro atoms. The molecule has 0 aliphatic heterocycles. The van der Waals surface area contributed by atoms with Gasteiger partial charge in [-0.2, -0.15) is 0 Å². The third-order valence-corrected chi connectivity index (χ3v) is 6.28. The van der Waals surface area contributed by atoms with Crippen LogP contribution < -0.4 is 0 Å². The number of rotatable bonds is 4. The fraction of sp³-hybridized carbons (Fsp3) is 0.130. The summed E-state index contributed by atoms with van der Waals surface area (Å²) < 4.78 is 25.5. The normalized spacial score (nSPS) is 11.7. The smallest absolute Gasteiger partial charge is 0.175 e. The molecule has 0 radical (unpaired) electrons. The van der Waals surface area contributed by atoms with Crippen molar-refractivity contribution in [1.29, 1.82) is 0 Å². The molecular formula is C23H20N2O3S. The van der Waals surface area contributed by atoms with Crippen LogP contribution in [0.5, 0.6) is 0 Å². The largest absolute Gasteiger partial charge is 0.344 e. The number of sulfone groups is 1. The van der Waals surface area contributed by atoms with Crippen molar-refractivity contribution in [3.63, 3.8) is 0 Å². The van der Waals surface area contributed by atoms with Crippen molar-refractivity contribution in [2.24, 2.45) is 7.05 Å². The van der Waals surface area contributed by atoms with Crippen molar-refractivity contribution in [1.82, 2.24) is 9.55 Å². The van der Waals surface area contributed by atoms with E-state index in [9.17, 15) is 13.2 Å². The van der Waals surface area contributed by atoms with E-state index in [4.69, 9.17) is 4.98 Å². The van der Waals surface area contributed by atoms with E-state index < -0.39 is 9.84 Å². The van der Waals surface area contributed by atoms with Gasteiger partial charge in [0.1, 0.15) is 6.29 Å². The molecular weight excluding hydrogens is 384 g/mol. The zero-order valence-electron chi connectivity index (χ0n) is 16.4. The lowest BCUT2D eigenvalue weighted by Crippen LogP contribution is -1.97. The average molecular weight is 404 g/mol. The predicted octanol–water partition coefficient (Wildman–Crippen LogP) is 4.43. The van der Waals surface area contributed by atoms with E-state index in [0.29, 0.717) is 10.5 Å². The molecule has 6 heteroatoms. The van der Waals surface area contributed by atoms with Gasteiger partial charge in [-0.1, -0.05) is 36.4 Å². The number of aryl methyl sites for hydroxylation is 2. The van der Waals surface area contributed by atoms with Gasteiger partial charge >= 0.3 is 0 Å². The zero-order chi connectivity index (χ0) is 20.8. The van der Waals surface area contributed by atoms with Crippen LogP contribution >= 0.6 is 0 Å². The molecule has 0 amide bonds. The second-order valence-electron chi connectivity index (χ2n) is 7.15. The first kappa shape index (κ1) is 19.1. The van der Waals surface area contributed by atoms with Crippen molar-refractivity contribution in [3.8, 4) is 22.5 Å². The van der Waals surface area contributed by atoms with Gasteiger partial charge in [0.15, 0.2) is 9.84 Å². The standard InChI is InChI=1S/C23H20N2O3S/c1-15-20-12-22(18-8-10-19(11-9-18)29(3,27)28)25(2)23(20)13-21(24-15)17-6-4-16(14-26)5-7-17/h4-14H,1-3H3. The van der Waals surface area contributed by atoms with Crippen LogP contribution in [0, 0.1) is 6.92 Å². The van der Waals surface area contributed by atoms with Crippen LogP contribution in [0.15, 0.2) is 65.6 Å². The van der Waals surface area contributed by atoms with Gasteiger partial charge in [0.25, 0.3) is 0 Å². The Kier molecular flexibility index (Phi) is 4.59. The predicted molar refractivity (Wildman–Crippen MR) is 115 cm³/mol. The van der Waals surface area contributed by atoms with Crippen LogP contribution in [0.2, 0.25) is 0 Å². The van der Waals surface area contributed by atoms with E-state index in [2.05, 4.69) is 10.6 Å². The number of carbonyl (C=O) groups excluding carboxylic acids is 1. The first-order valence-electron chi connectivity index (χ1n) is 9.11. The Hall–Kier alpha value is -3.25. The number of hydrogen-bond acceptors (Lipinski definition) is 4. The second-order valence-corrected chi connectivity index (χ2v) is 9.17. The molecule has 0 bridgehead atoms. The summed E-state index contributed by atoms with van der Waals surface area (Å²) in [5.41, 5.74) is 6.28. The molecule has 0 aliphatic carbocycles. The van der Waals surface area contributed by atoms with Crippen molar-refractivity contribution < 1.29 is 13.2 Å². The molecule has 0 atom stereocenters. The summed E-state index contributed by atoms with van der Waals surface area (Å²) in [4.78, 5) is 15.9. The molecule has 5 nitrogen and oxygen atoms in total. The highest BCUT2D eigenvalue weighted by atomic mass is 32.2. The topological polar surface area (TPSA) is 69.0 Å². The van der Waals surface area contributed by atoms with E-state index in [-0.39, 0.29) is 0 Å². The van der Waals surface area contributed by atoms with Gasteiger partial charge in [-0.05, 0) is 36.8 Å². The summed E-state index contributed by atoms with van der Waals surface area (Å²) in [5.74, 6) is 0. The van der Waals surface area contributed by atoms with Gasteiger partial charge < -0.3 is 4.57 Å². The minimum atomic E-state index is -3.22. The minimum absolute atomic E-state index is 0.305. The number of aromatic nitrogens is 2. The number of fused-ring (bicyclic) bond motifs is 1. The van der Waals surface area contributed by atoms with Gasteiger partial charge in [0, 0.05) is 41.2 Å². The number of benzene rings is 2. The van der Waals surface area contributed by atoms with E-state index in [0.717, 1.165) is 45.4 Å². The zero-order valence-corrected chi connectivity index (χ0v) is 17.2. The Morgan fingerprint density at radius 1 is 0.931 bits per heavy atom. The third kappa shape index (κ3) is 3.47. The summed E-state index contributed by atoms with van der Waals surface area (Å²) in [6.07, 6.45) is 2.03. The van der Waals surface area contributed by atoms with E-state index >= 15 is 0 Å². The third-order valence-electron chi connectivity index (χ3n) is 5.15.